The number of fused-ring (bicyclic) bond motifs is 1. The lowest BCUT2D eigenvalue weighted by Crippen LogP contribution is -2.07. The van der Waals surface area contributed by atoms with Crippen LogP contribution in [0.2, 0.25) is 0 Å². The van der Waals surface area contributed by atoms with Crippen molar-refractivity contribution >= 4 is 11.2 Å². The standard InChI is InChI=1S/C11H11N3/c1-2-6-14-8-10(13-11(14)3-1)9-4-5-12-7-9/h1-4,6,8,12H,5,7H2. The fourth-order valence-corrected chi connectivity index (χ4v) is 1.76. The Balaban J connectivity index is 2.14. The quantitative estimate of drug-likeness (QED) is 0.726. The van der Waals surface area contributed by atoms with Gasteiger partial charge in [0.05, 0.1) is 5.69 Å². The molecule has 1 aliphatic rings. The largest absolute Gasteiger partial charge is 0.309 e. The van der Waals surface area contributed by atoms with Crippen LogP contribution in [0.4, 0.5) is 0 Å². The lowest BCUT2D eigenvalue weighted by Gasteiger charge is -1.92. The molecule has 1 N–H and O–H groups in total. The maximum Gasteiger partial charge on any atom is 0.137 e. The number of nitrogens with one attached hydrogen (secondary N) is 1. The third-order valence-electron chi connectivity index (χ3n) is 2.50. The summed E-state index contributed by atoms with van der Waals surface area (Å²) in [5.74, 6) is 0. The second-order valence-electron chi connectivity index (χ2n) is 3.45. The number of pyridine rings is 1. The average Bonchev–Trinajstić information content (AvgIpc) is 2.86. The van der Waals surface area contributed by atoms with Crippen molar-refractivity contribution in [3.05, 3.63) is 42.4 Å². The fourth-order valence-electron chi connectivity index (χ4n) is 1.76. The maximum absolute atomic E-state index is 4.55. The number of hydrogen-bond acceptors (Lipinski definition) is 2. The summed E-state index contributed by atoms with van der Waals surface area (Å²) in [7, 11) is 0. The summed E-state index contributed by atoms with van der Waals surface area (Å²) in [6, 6.07) is 6.04. The van der Waals surface area contributed by atoms with Crippen molar-refractivity contribution in [2.24, 2.45) is 0 Å². The van der Waals surface area contributed by atoms with E-state index in [1.807, 2.05) is 24.4 Å². The molecule has 3 nitrogen and oxygen atoms in total. The van der Waals surface area contributed by atoms with E-state index in [0.717, 1.165) is 24.4 Å². The minimum Gasteiger partial charge on any atom is -0.309 e. The summed E-state index contributed by atoms with van der Waals surface area (Å²) < 4.78 is 2.05. The summed E-state index contributed by atoms with van der Waals surface area (Å²) in [6.07, 6.45) is 6.30. The average molecular weight is 185 g/mol. The molecule has 0 amide bonds. The van der Waals surface area contributed by atoms with Gasteiger partial charge in [-0.05, 0) is 17.7 Å². The number of nitrogens with zero attached hydrogens (tertiary/aromatic N) is 2. The second kappa shape index (κ2) is 2.96. The smallest absolute Gasteiger partial charge is 0.137 e. The topological polar surface area (TPSA) is 29.3 Å². The zero-order valence-corrected chi connectivity index (χ0v) is 7.77. The van der Waals surface area contributed by atoms with Gasteiger partial charge in [0.15, 0.2) is 0 Å². The van der Waals surface area contributed by atoms with Crippen LogP contribution >= 0.6 is 0 Å². The molecule has 0 saturated heterocycles. The highest BCUT2D eigenvalue weighted by molar-refractivity contribution is 5.67. The lowest BCUT2D eigenvalue weighted by atomic mass is 10.2. The van der Waals surface area contributed by atoms with E-state index in [1.165, 1.54) is 5.57 Å². The second-order valence-corrected chi connectivity index (χ2v) is 3.45. The zero-order valence-electron chi connectivity index (χ0n) is 7.77. The first-order valence-electron chi connectivity index (χ1n) is 4.77. The molecule has 3 rings (SSSR count). The van der Waals surface area contributed by atoms with Crippen LogP contribution in [0.1, 0.15) is 5.69 Å². The van der Waals surface area contributed by atoms with Gasteiger partial charge in [0.2, 0.25) is 0 Å². The van der Waals surface area contributed by atoms with Crippen LogP contribution in [0.25, 0.3) is 11.2 Å². The van der Waals surface area contributed by atoms with E-state index >= 15 is 0 Å². The van der Waals surface area contributed by atoms with E-state index < -0.39 is 0 Å². The van der Waals surface area contributed by atoms with Crippen LogP contribution in [0, 0.1) is 0 Å². The predicted molar refractivity (Wildman–Crippen MR) is 56.0 cm³/mol. The van der Waals surface area contributed by atoms with E-state index in [1.54, 1.807) is 0 Å². The molecule has 3 heteroatoms. The minimum absolute atomic E-state index is 0.934. The van der Waals surface area contributed by atoms with Gasteiger partial charge >= 0.3 is 0 Å². The van der Waals surface area contributed by atoms with E-state index in [0.29, 0.717) is 0 Å². The van der Waals surface area contributed by atoms with Gasteiger partial charge in [0.1, 0.15) is 5.65 Å². The highest BCUT2D eigenvalue weighted by Crippen LogP contribution is 2.15. The van der Waals surface area contributed by atoms with Crippen molar-refractivity contribution < 1.29 is 0 Å². The predicted octanol–water partition coefficient (Wildman–Crippen LogP) is 1.32. The van der Waals surface area contributed by atoms with Crippen LogP contribution in [0.5, 0.6) is 0 Å². The van der Waals surface area contributed by atoms with E-state index in [-0.39, 0.29) is 0 Å². The van der Waals surface area contributed by atoms with Gasteiger partial charge < -0.3 is 9.72 Å². The molecule has 14 heavy (non-hydrogen) atoms. The first-order chi connectivity index (χ1) is 6.93. The van der Waals surface area contributed by atoms with Gasteiger partial charge in [0.25, 0.3) is 0 Å². The molecule has 0 aromatic carbocycles. The zero-order chi connectivity index (χ0) is 9.38. The number of imidazole rings is 1. The summed E-state index contributed by atoms with van der Waals surface area (Å²) in [6.45, 7) is 1.90. The first-order valence-corrected chi connectivity index (χ1v) is 4.77. The molecular weight excluding hydrogens is 174 g/mol. The van der Waals surface area contributed by atoms with Gasteiger partial charge in [-0.25, -0.2) is 4.98 Å². The molecule has 3 heterocycles. The molecule has 0 saturated carbocycles. The summed E-state index contributed by atoms with van der Waals surface area (Å²) in [5.41, 5.74) is 3.39. The van der Waals surface area contributed by atoms with E-state index in [9.17, 15) is 0 Å². The fraction of sp³-hybridized carbons (Fsp3) is 0.182. The maximum atomic E-state index is 4.55. The monoisotopic (exact) mass is 185 g/mol. The molecule has 1 aliphatic heterocycles. The molecule has 0 bridgehead atoms. The molecular formula is C11H11N3. The third kappa shape index (κ3) is 1.14. The highest BCUT2D eigenvalue weighted by atomic mass is 15.0. The summed E-state index contributed by atoms with van der Waals surface area (Å²) in [4.78, 5) is 4.55. The Hall–Kier alpha value is -1.61. The Morgan fingerprint density at radius 1 is 1.36 bits per heavy atom. The SMILES string of the molecule is C1=C(c2cn3ccccc3n2)CNC1. The minimum atomic E-state index is 0.934. The molecule has 0 unspecified atom stereocenters. The van der Waals surface area contributed by atoms with Gasteiger partial charge in [-0.3, -0.25) is 0 Å². The van der Waals surface area contributed by atoms with Gasteiger partial charge in [-0.1, -0.05) is 12.1 Å². The Morgan fingerprint density at radius 3 is 3.14 bits per heavy atom. The van der Waals surface area contributed by atoms with Gasteiger partial charge in [-0.15, -0.1) is 0 Å². The van der Waals surface area contributed by atoms with Gasteiger partial charge in [-0.2, -0.15) is 0 Å². The number of hydrogen-bond donors (Lipinski definition) is 1. The Kier molecular flexibility index (Phi) is 1.64. The van der Waals surface area contributed by atoms with E-state index in [2.05, 4.69) is 27.0 Å². The van der Waals surface area contributed by atoms with Crippen molar-refractivity contribution in [3.8, 4) is 0 Å². The van der Waals surface area contributed by atoms with Crippen molar-refractivity contribution in [1.29, 1.82) is 0 Å². The van der Waals surface area contributed by atoms with E-state index in [4.69, 9.17) is 0 Å². The normalized spacial score (nSPS) is 16.1. The van der Waals surface area contributed by atoms with Crippen LogP contribution in [-0.2, 0) is 0 Å². The van der Waals surface area contributed by atoms with Crippen LogP contribution in [-0.4, -0.2) is 22.5 Å². The molecule has 0 aliphatic carbocycles. The summed E-state index contributed by atoms with van der Waals surface area (Å²) >= 11 is 0. The molecule has 0 atom stereocenters. The first kappa shape index (κ1) is 7.76. The molecule has 2 aromatic rings. The van der Waals surface area contributed by atoms with Crippen LogP contribution in [0.3, 0.4) is 0 Å². The highest BCUT2D eigenvalue weighted by Gasteiger charge is 2.09. The molecule has 2 aromatic heterocycles. The molecule has 0 fully saturated rings. The van der Waals surface area contributed by atoms with Crippen molar-refractivity contribution in [2.45, 2.75) is 0 Å². The van der Waals surface area contributed by atoms with Crippen LogP contribution < -0.4 is 5.32 Å². The molecule has 0 spiro atoms. The van der Waals surface area contributed by atoms with Crippen molar-refractivity contribution in [2.75, 3.05) is 13.1 Å². The Bertz CT molecular complexity index is 463. The lowest BCUT2D eigenvalue weighted by molar-refractivity contribution is 0.896. The molecule has 0 radical (unpaired) electrons. The van der Waals surface area contributed by atoms with Gasteiger partial charge in [0, 0.05) is 25.5 Å². The Morgan fingerprint density at radius 2 is 2.36 bits per heavy atom. The summed E-state index contributed by atoms with van der Waals surface area (Å²) in [5, 5.41) is 3.27. The van der Waals surface area contributed by atoms with Crippen molar-refractivity contribution in [1.82, 2.24) is 14.7 Å². The van der Waals surface area contributed by atoms with Crippen LogP contribution in [0.15, 0.2) is 36.7 Å². The number of aromatic nitrogens is 2. The Labute approximate surface area is 82.1 Å². The third-order valence-corrected chi connectivity index (χ3v) is 2.50. The number of rotatable bonds is 1. The van der Waals surface area contributed by atoms with Crippen molar-refractivity contribution in [3.63, 3.8) is 0 Å². The molecule has 70 valence electrons.